The van der Waals surface area contributed by atoms with Gasteiger partial charge in [0.1, 0.15) is 5.75 Å². The predicted molar refractivity (Wildman–Crippen MR) is 84.9 cm³/mol. The molecule has 1 heterocycles. The van der Waals surface area contributed by atoms with Gasteiger partial charge in [-0.05, 0) is 43.0 Å². The Morgan fingerprint density at radius 3 is 2.62 bits per heavy atom. The summed E-state index contributed by atoms with van der Waals surface area (Å²) in [5.74, 6) is 0.807. The van der Waals surface area contributed by atoms with Crippen molar-refractivity contribution >= 4 is 16.7 Å². The Labute approximate surface area is 125 Å². The first-order chi connectivity index (χ1) is 10.3. The Morgan fingerprint density at radius 1 is 1.10 bits per heavy atom. The van der Waals surface area contributed by atoms with Gasteiger partial charge in [-0.1, -0.05) is 30.3 Å². The van der Waals surface area contributed by atoms with Gasteiger partial charge in [0.15, 0.2) is 0 Å². The molecule has 0 aromatic heterocycles. The largest absolute Gasteiger partial charge is 0.493 e. The summed E-state index contributed by atoms with van der Waals surface area (Å²) in [5, 5.41) is 2.07. The zero-order chi connectivity index (χ0) is 14.7. The predicted octanol–water partition coefficient (Wildman–Crippen LogP) is 3.86. The Bertz CT molecular complexity index is 645. The quantitative estimate of drug-likeness (QED) is 0.856. The van der Waals surface area contributed by atoms with Crippen LogP contribution in [-0.2, 0) is 0 Å². The van der Waals surface area contributed by atoms with Crippen LogP contribution in [0.1, 0.15) is 36.5 Å². The number of amides is 1. The van der Waals surface area contributed by atoms with Crippen molar-refractivity contribution in [3.05, 3.63) is 42.0 Å². The second-order valence-electron chi connectivity index (χ2n) is 5.45. The van der Waals surface area contributed by atoms with Crippen LogP contribution < -0.4 is 4.74 Å². The number of nitrogens with zero attached hydrogens (tertiary/aromatic N) is 1. The van der Waals surface area contributed by atoms with Crippen LogP contribution in [-0.4, -0.2) is 30.5 Å². The Balaban J connectivity index is 2.08. The molecule has 1 fully saturated rings. The van der Waals surface area contributed by atoms with Crippen molar-refractivity contribution in [1.82, 2.24) is 4.90 Å². The summed E-state index contributed by atoms with van der Waals surface area (Å²) >= 11 is 0. The highest BCUT2D eigenvalue weighted by Crippen LogP contribution is 2.30. The van der Waals surface area contributed by atoms with Crippen LogP contribution in [0.3, 0.4) is 0 Å². The van der Waals surface area contributed by atoms with E-state index in [-0.39, 0.29) is 5.91 Å². The lowest BCUT2D eigenvalue weighted by atomic mass is 10.0. The second kappa shape index (κ2) is 6.17. The summed E-state index contributed by atoms with van der Waals surface area (Å²) in [6.45, 7) is 4.23. The second-order valence-corrected chi connectivity index (χ2v) is 5.45. The maximum atomic E-state index is 13.0. The standard InChI is InChI=1S/C18H21NO2/c1-2-21-16-11-10-14-8-4-5-9-15(14)17(16)18(20)19-12-6-3-7-13-19/h4-5,8-11H,2-3,6-7,12-13H2,1H3. The number of benzene rings is 2. The van der Waals surface area contributed by atoms with E-state index in [0.717, 1.165) is 42.3 Å². The van der Waals surface area contributed by atoms with E-state index >= 15 is 0 Å². The first-order valence-electron chi connectivity index (χ1n) is 7.75. The lowest BCUT2D eigenvalue weighted by molar-refractivity contribution is 0.0722. The average Bonchev–Trinajstić information content (AvgIpc) is 2.55. The third-order valence-corrected chi connectivity index (χ3v) is 4.05. The van der Waals surface area contributed by atoms with Crippen LogP contribution >= 0.6 is 0 Å². The van der Waals surface area contributed by atoms with Gasteiger partial charge in [0, 0.05) is 13.1 Å². The molecule has 0 aliphatic carbocycles. The Kier molecular flexibility index (Phi) is 4.09. The van der Waals surface area contributed by atoms with E-state index in [9.17, 15) is 4.79 Å². The van der Waals surface area contributed by atoms with Gasteiger partial charge in [-0.2, -0.15) is 0 Å². The fourth-order valence-electron chi connectivity index (χ4n) is 3.00. The summed E-state index contributed by atoms with van der Waals surface area (Å²) in [6, 6.07) is 12.0. The number of hydrogen-bond acceptors (Lipinski definition) is 2. The van der Waals surface area contributed by atoms with Gasteiger partial charge in [-0.25, -0.2) is 0 Å². The fraction of sp³-hybridized carbons (Fsp3) is 0.389. The summed E-state index contributed by atoms with van der Waals surface area (Å²) in [5.41, 5.74) is 0.719. The minimum absolute atomic E-state index is 0.106. The van der Waals surface area contributed by atoms with Crippen molar-refractivity contribution in [1.29, 1.82) is 0 Å². The molecule has 1 saturated heterocycles. The van der Waals surface area contributed by atoms with E-state index in [2.05, 4.69) is 0 Å². The SMILES string of the molecule is CCOc1ccc2ccccc2c1C(=O)N1CCCCC1. The molecule has 2 aromatic carbocycles. The number of likely N-dealkylation sites (tertiary alicyclic amines) is 1. The molecule has 1 aliphatic rings. The summed E-state index contributed by atoms with van der Waals surface area (Å²) in [7, 11) is 0. The molecule has 110 valence electrons. The van der Waals surface area contributed by atoms with Crippen LogP contribution in [0.4, 0.5) is 0 Å². The zero-order valence-corrected chi connectivity index (χ0v) is 12.5. The number of piperidine rings is 1. The van der Waals surface area contributed by atoms with Crippen molar-refractivity contribution in [3.63, 3.8) is 0 Å². The normalized spacial score (nSPS) is 15.2. The van der Waals surface area contributed by atoms with Crippen molar-refractivity contribution in [3.8, 4) is 5.75 Å². The van der Waals surface area contributed by atoms with Crippen LogP contribution in [0, 0.1) is 0 Å². The van der Waals surface area contributed by atoms with Crippen molar-refractivity contribution < 1.29 is 9.53 Å². The van der Waals surface area contributed by atoms with E-state index in [1.807, 2.05) is 48.2 Å². The molecular weight excluding hydrogens is 262 g/mol. The van der Waals surface area contributed by atoms with Crippen molar-refractivity contribution in [2.75, 3.05) is 19.7 Å². The molecule has 0 atom stereocenters. The van der Waals surface area contributed by atoms with E-state index in [1.54, 1.807) is 0 Å². The number of carbonyl (C=O) groups excluding carboxylic acids is 1. The molecule has 2 aromatic rings. The molecule has 0 unspecified atom stereocenters. The topological polar surface area (TPSA) is 29.5 Å². The van der Waals surface area contributed by atoms with Crippen LogP contribution in [0.15, 0.2) is 36.4 Å². The minimum atomic E-state index is 0.106. The van der Waals surface area contributed by atoms with E-state index in [0.29, 0.717) is 12.4 Å². The molecule has 0 N–H and O–H groups in total. The lowest BCUT2D eigenvalue weighted by Gasteiger charge is -2.28. The molecule has 0 spiro atoms. The molecule has 21 heavy (non-hydrogen) atoms. The summed E-state index contributed by atoms with van der Waals surface area (Å²) < 4.78 is 5.71. The number of hydrogen-bond donors (Lipinski definition) is 0. The van der Waals surface area contributed by atoms with Gasteiger partial charge in [-0.3, -0.25) is 4.79 Å². The number of rotatable bonds is 3. The smallest absolute Gasteiger partial charge is 0.258 e. The van der Waals surface area contributed by atoms with Gasteiger partial charge in [0.2, 0.25) is 0 Å². The number of ether oxygens (including phenoxy) is 1. The van der Waals surface area contributed by atoms with Gasteiger partial charge < -0.3 is 9.64 Å². The fourth-order valence-corrected chi connectivity index (χ4v) is 3.00. The minimum Gasteiger partial charge on any atom is -0.493 e. The van der Waals surface area contributed by atoms with Gasteiger partial charge >= 0.3 is 0 Å². The highest BCUT2D eigenvalue weighted by atomic mass is 16.5. The average molecular weight is 283 g/mol. The van der Waals surface area contributed by atoms with Gasteiger partial charge in [0.25, 0.3) is 5.91 Å². The summed E-state index contributed by atoms with van der Waals surface area (Å²) in [4.78, 5) is 14.9. The third-order valence-electron chi connectivity index (χ3n) is 4.05. The molecule has 0 bridgehead atoms. The third kappa shape index (κ3) is 2.73. The highest BCUT2D eigenvalue weighted by Gasteiger charge is 2.23. The molecule has 3 nitrogen and oxygen atoms in total. The Hall–Kier alpha value is -2.03. The van der Waals surface area contributed by atoms with Crippen LogP contribution in [0.5, 0.6) is 5.75 Å². The maximum absolute atomic E-state index is 13.0. The molecule has 0 saturated carbocycles. The first kappa shape index (κ1) is 13.9. The van der Waals surface area contributed by atoms with Gasteiger partial charge in [0.05, 0.1) is 12.2 Å². The first-order valence-corrected chi connectivity index (χ1v) is 7.75. The monoisotopic (exact) mass is 283 g/mol. The van der Waals surface area contributed by atoms with E-state index in [1.165, 1.54) is 6.42 Å². The van der Waals surface area contributed by atoms with Crippen molar-refractivity contribution in [2.24, 2.45) is 0 Å². The molecule has 3 rings (SSSR count). The van der Waals surface area contributed by atoms with E-state index in [4.69, 9.17) is 4.74 Å². The number of fused-ring (bicyclic) bond motifs is 1. The highest BCUT2D eigenvalue weighted by molar-refractivity contribution is 6.09. The zero-order valence-electron chi connectivity index (χ0n) is 12.5. The molecule has 1 aliphatic heterocycles. The lowest BCUT2D eigenvalue weighted by Crippen LogP contribution is -2.36. The summed E-state index contributed by atoms with van der Waals surface area (Å²) in [6.07, 6.45) is 3.42. The molecule has 0 radical (unpaired) electrons. The van der Waals surface area contributed by atoms with Crippen LogP contribution in [0.2, 0.25) is 0 Å². The maximum Gasteiger partial charge on any atom is 0.258 e. The Morgan fingerprint density at radius 2 is 1.86 bits per heavy atom. The van der Waals surface area contributed by atoms with Crippen molar-refractivity contribution in [2.45, 2.75) is 26.2 Å². The van der Waals surface area contributed by atoms with E-state index < -0.39 is 0 Å². The number of carbonyl (C=O) groups is 1. The molecular formula is C18H21NO2. The molecule has 1 amide bonds. The van der Waals surface area contributed by atoms with Crippen LogP contribution in [0.25, 0.3) is 10.8 Å². The van der Waals surface area contributed by atoms with Gasteiger partial charge in [-0.15, -0.1) is 0 Å². The molecule has 3 heteroatoms.